The van der Waals surface area contributed by atoms with E-state index < -0.39 is 18.0 Å². The van der Waals surface area contributed by atoms with Crippen LogP contribution in [0.3, 0.4) is 0 Å². The quantitative estimate of drug-likeness (QED) is 0.810. The predicted octanol–water partition coefficient (Wildman–Crippen LogP) is 2.25. The Balaban J connectivity index is 1.82. The molecule has 2 heterocycles. The van der Waals surface area contributed by atoms with Gasteiger partial charge in [-0.1, -0.05) is 29.8 Å². The zero-order valence-electron chi connectivity index (χ0n) is 16.5. The lowest BCUT2D eigenvalue weighted by molar-refractivity contribution is -0.417. The second kappa shape index (κ2) is 7.16. The fourth-order valence-electron chi connectivity index (χ4n) is 3.59. The summed E-state index contributed by atoms with van der Waals surface area (Å²) in [7, 11) is 0. The van der Waals surface area contributed by atoms with Gasteiger partial charge in [0, 0.05) is 6.04 Å². The molecule has 2 aliphatic heterocycles. The highest BCUT2D eigenvalue weighted by molar-refractivity contribution is 6.29. The van der Waals surface area contributed by atoms with Gasteiger partial charge in [0.2, 0.25) is 0 Å². The van der Waals surface area contributed by atoms with E-state index in [4.69, 9.17) is 4.74 Å². The molecule has 7 nitrogen and oxygen atoms in total. The normalized spacial score (nSPS) is 17.9. The Morgan fingerprint density at radius 1 is 1.14 bits per heavy atom. The molecule has 0 fully saturated rings. The number of rotatable bonds is 4. The van der Waals surface area contributed by atoms with Crippen molar-refractivity contribution in [2.45, 2.75) is 32.9 Å². The number of nitrogens with zero attached hydrogens (tertiary/aromatic N) is 2. The summed E-state index contributed by atoms with van der Waals surface area (Å²) in [5.74, 6) is -0.249. The second-order valence-electron chi connectivity index (χ2n) is 7.48. The van der Waals surface area contributed by atoms with Crippen molar-refractivity contribution in [1.82, 2.24) is 5.32 Å². The van der Waals surface area contributed by atoms with Crippen LogP contribution in [0.25, 0.3) is 0 Å². The first kappa shape index (κ1) is 18.9. The molecule has 1 atom stereocenters. The summed E-state index contributed by atoms with van der Waals surface area (Å²) >= 11 is 0. The lowest BCUT2D eigenvalue weighted by Gasteiger charge is -2.24. The molecule has 4 amide bonds. The SMILES string of the molecule is Cc1ccc(N2C(=O)C3Oc4ccccc4C3=[N+](CC(=O)NC(C)C)C2=O)cc1. The maximum Gasteiger partial charge on any atom is 0.506 e. The summed E-state index contributed by atoms with van der Waals surface area (Å²) in [6, 6.07) is 13.6. The number of ether oxygens (including phenoxy) is 1. The smallest absolute Gasteiger partial charge is 0.469 e. The van der Waals surface area contributed by atoms with Gasteiger partial charge < -0.3 is 10.1 Å². The van der Waals surface area contributed by atoms with E-state index in [1.807, 2.05) is 39.0 Å². The minimum atomic E-state index is -0.974. The van der Waals surface area contributed by atoms with Crippen LogP contribution in [0.15, 0.2) is 48.5 Å². The van der Waals surface area contributed by atoms with Crippen LogP contribution in [0.4, 0.5) is 10.5 Å². The Hall–Kier alpha value is -3.48. The number of nitrogens with one attached hydrogen (secondary N) is 1. The van der Waals surface area contributed by atoms with Crippen LogP contribution in [-0.2, 0) is 9.59 Å². The van der Waals surface area contributed by atoms with Gasteiger partial charge in [-0.05, 0) is 45.0 Å². The number of para-hydroxylation sites is 1. The third-order valence-corrected chi connectivity index (χ3v) is 4.86. The van der Waals surface area contributed by atoms with Crippen LogP contribution in [-0.4, -0.2) is 46.8 Å². The summed E-state index contributed by atoms with van der Waals surface area (Å²) in [5.41, 5.74) is 2.52. The topological polar surface area (TPSA) is 78.7 Å². The summed E-state index contributed by atoms with van der Waals surface area (Å²) < 4.78 is 7.23. The molecular weight excluding hydrogens is 370 g/mol. The minimum Gasteiger partial charge on any atom is -0.469 e. The molecule has 0 saturated carbocycles. The van der Waals surface area contributed by atoms with Gasteiger partial charge >= 0.3 is 11.9 Å². The molecule has 2 aliphatic rings. The number of urea groups is 1. The van der Waals surface area contributed by atoms with E-state index in [9.17, 15) is 14.4 Å². The first-order valence-corrected chi connectivity index (χ1v) is 9.51. The number of hydrogen-bond donors (Lipinski definition) is 1. The fourth-order valence-corrected chi connectivity index (χ4v) is 3.59. The van der Waals surface area contributed by atoms with Crippen molar-refractivity contribution in [3.63, 3.8) is 0 Å². The van der Waals surface area contributed by atoms with E-state index in [1.165, 1.54) is 4.58 Å². The summed E-state index contributed by atoms with van der Waals surface area (Å²) in [5, 5.41) is 2.80. The fraction of sp³-hybridized carbons (Fsp3) is 0.273. The number of amides is 4. The number of benzene rings is 2. The van der Waals surface area contributed by atoms with Crippen LogP contribution in [0.1, 0.15) is 25.0 Å². The van der Waals surface area contributed by atoms with Crippen LogP contribution in [0.2, 0.25) is 0 Å². The zero-order valence-corrected chi connectivity index (χ0v) is 16.5. The Labute approximate surface area is 168 Å². The van der Waals surface area contributed by atoms with Crippen molar-refractivity contribution < 1.29 is 23.7 Å². The molecule has 1 N–H and O–H groups in total. The van der Waals surface area contributed by atoms with Crippen molar-refractivity contribution in [2.75, 3.05) is 11.4 Å². The minimum absolute atomic E-state index is 0.0647. The molecule has 0 bridgehead atoms. The van der Waals surface area contributed by atoms with Crippen molar-refractivity contribution in [3.8, 4) is 5.75 Å². The lowest BCUT2D eigenvalue weighted by Crippen LogP contribution is -2.59. The third kappa shape index (κ3) is 3.29. The number of fused-ring (bicyclic) bond motifs is 3. The van der Waals surface area contributed by atoms with Crippen molar-refractivity contribution in [3.05, 3.63) is 59.7 Å². The van der Waals surface area contributed by atoms with Crippen LogP contribution in [0.5, 0.6) is 5.75 Å². The van der Waals surface area contributed by atoms with Gasteiger partial charge in [-0.15, -0.1) is 4.90 Å². The molecule has 4 rings (SSSR count). The number of carbonyl (C=O) groups is 3. The van der Waals surface area contributed by atoms with E-state index in [1.54, 1.807) is 30.3 Å². The standard InChI is InChI=1S/C22H21N3O4/c1-13(2)23-18(26)12-24-19-16-6-4-5-7-17(16)29-20(19)21(27)25(22(24)28)15-10-8-14(3)9-11-15/h4-11,13,20H,12H2,1-3H3/p+1. The molecular formula is C22H22N3O4+. The highest BCUT2D eigenvalue weighted by atomic mass is 16.5. The highest BCUT2D eigenvalue weighted by Crippen LogP contribution is 2.33. The first-order valence-electron chi connectivity index (χ1n) is 9.51. The van der Waals surface area contributed by atoms with Crippen LogP contribution < -0.4 is 15.0 Å². The maximum atomic E-state index is 13.4. The van der Waals surface area contributed by atoms with E-state index in [2.05, 4.69) is 5.32 Å². The van der Waals surface area contributed by atoms with Crippen molar-refractivity contribution in [2.24, 2.45) is 0 Å². The molecule has 0 saturated heterocycles. The molecule has 0 aromatic heterocycles. The maximum absolute atomic E-state index is 13.4. The van der Waals surface area contributed by atoms with Gasteiger partial charge in [0.05, 0.1) is 5.56 Å². The van der Waals surface area contributed by atoms with E-state index >= 15 is 0 Å². The third-order valence-electron chi connectivity index (χ3n) is 4.86. The van der Waals surface area contributed by atoms with Crippen molar-refractivity contribution >= 4 is 29.2 Å². The Kier molecular flexibility index (Phi) is 4.66. The number of anilines is 1. The average molecular weight is 392 g/mol. The Bertz CT molecular complexity index is 1040. The van der Waals surface area contributed by atoms with E-state index in [0.717, 1.165) is 10.5 Å². The monoisotopic (exact) mass is 392 g/mol. The van der Waals surface area contributed by atoms with Gasteiger partial charge in [-0.2, -0.15) is 9.37 Å². The summed E-state index contributed by atoms with van der Waals surface area (Å²) in [6.07, 6.45) is -0.974. The molecule has 2 aromatic rings. The van der Waals surface area contributed by atoms with Crippen LogP contribution >= 0.6 is 0 Å². The van der Waals surface area contributed by atoms with Crippen LogP contribution in [0, 0.1) is 6.92 Å². The average Bonchev–Trinajstić information content (AvgIpc) is 3.06. The van der Waals surface area contributed by atoms with E-state index in [-0.39, 0.29) is 18.5 Å². The molecule has 0 spiro atoms. The zero-order chi connectivity index (χ0) is 20.7. The number of aryl methyl sites for hydroxylation is 1. The second-order valence-corrected chi connectivity index (χ2v) is 7.48. The van der Waals surface area contributed by atoms with Gasteiger partial charge in [-0.25, -0.2) is 4.79 Å². The lowest BCUT2D eigenvalue weighted by atomic mass is 10.0. The van der Waals surface area contributed by atoms with E-state index in [0.29, 0.717) is 22.7 Å². The predicted molar refractivity (Wildman–Crippen MR) is 107 cm³/mol. The molecule has 2 aromatic carbocycles. The first-order chi connectivity index (χ1) is 13.9. The molecule has 7 heteroatoms. The van der Waals surface area contributed by atoms with Crippen molar-refractivity contribution in [1.29, 1.82) is 0 Å². The van der Waals surface area contributed by atoms with Gasteiger partial charge in [0.25, 0.3) is 12.0 Å². The van der Waals surface area contributed by atoms with Gasteiger partial charge in [0.15, 0.2) is 12.3 Å². The number of carbonyl (C=O) groups excluding carboxylic acids is 3. The molecule has 29 heavy (non-hydrogen) atoms. The van der Waals surface area contributed by atoms with Gasteiger partial charge in [-0.3, -0.25) is 4.79 Å². The largest absolute Gasteiger partial charge is 0.506 e. The summed E-state index contributed by atoms with van der Waals surface area (Å²) in [6.45, 7) is 5.43. The number of imide groups is 1. The van der Waals surface area contributed by atoms with Gasteiger partial charge in [0.1, 0.15) is 11.4 Å². The Morgan fingerprint density at radius 2 is 1.83 bits per heavy atom. The summed E-state index contributed by atoms with van der Waals surface area (Å²) in [4.78, 5) is 40.1. The highest BCUT2D eigenvalue weighted by Gasteiger charge is 2.54. The molecule has 148 valence electrons. The number of hydrogen-bond acceptors (Lipinski definition) is 4. The molecule has 1 unspecified atom stereocenters. The molecule has 0 aliphatic carbocycles. The Morgan fingerprint density at radius 3 is 2.52 bits per heavy atom. The molecule has 0 radical (unpaired) electrons.